The van der Waals surface area contributed by atoms with E-state index in [9.17, 15) is 0 Å². The molecule has 0 radical (unpaired) electrons. The van der Waals surface area contributed by atoms with Gasteiger partial charge >= 0.3 is 0 Å². The molecule has 5 heteroatoms. The van der Waals surface area contributed by atoms with Crippen molar-refractivity contribution in [2.45, 2.75) is 19.0 Å². The quantitative estimate of drug-likeness (QED) is 0.932. The molecule has 1 unspecified atom stereocenters. The Morgan fingerprint density at radius 1 is 1.26 bits per heavy atom. The molecule has 23 heavy (non-hydrogen) atoms. The van der Waals surface area contributed by atoms with Crippen LogP contribution in [0.5, 0.6) is 0 Å². The highest BCUT2D eigenvalue weighted by Gasteiger charge is 2.24. The van der Waals surface area contributed by atoms with Crippen molar-refractivity contribution >= 4 is 0 Å². The molecule has 4 rings (SSSR count). The Labute approximate surface area is 137 Å². The van der Waals surface area contributed by atoms with E-state index in [1.54, 1.807) is 0 Å². The summed E-state index contributed by atoms with van der Waals surface area (Å²) in [6, 6.07) is 11.2. The summed E-state index contributed by atoms with van der Waals surface area (Å²) < 4.78 is 7.46. The molecule has 1 atom stereocenters. The molecular weight excluding hydrogens is 288 g/mol. The molecule has 1 N–H and O–H groups in total. The molecule has 3 heterocycles. The third kappa shape index (κ3) is 3.04. The Morgan fingerprint density at radius 3 is 2.96 bits per heavy atom. The summed E-state index contributed by atoms with van der Waals surface area (Å²) in [5.74, 6) is 0. The zero-order valence-electron chi connectivity index (χ0n) is 13.7. The van der Waals surface area contributed by atoms with Crippen LogP contribution in [0.4, 0.5) is 0 Å². The molecule has 1 saturated heterocycles. The number of morpholine rings is 1. The normalized spacial score (nSPS) is 22.0. The van der Waals surface area contributed by atoms with Gasteiger partial charge in [-0.15, -0.1) is 0 Å². The van der Waals surface area contributed by atoms with Gasteiger partial charge in [-0.2, -0.15) is 5.10 Å². The maximum absolute atomic E-state index is 5.42. The average molecular weight is 312 g/mol. The second-order valence-electron chi connectivity index (χ2n) is 6.41. The summed E-state index contributed by atoms with van der Waals surface area (Å²) in [6.45, 7) is 5.58. The predicted molar refractivity (Wildman–Crippen MR) is 89.3 cm³/mol. The van der Waals surface area contributed by atoms with Crippen LogP contribution in [0.1, 0.15) is 28.6 Å². The first kappa shape index (κ1) is 14.9. The fraction of sp³-hybridized carbons (Fsp3) is 0.500. The molecule has 5 nitrogen and oxygen atoms in total. The van der Waals surface area contributed by atoms with Crippen LogP contribution in [0.15, 0.2) is 30.3 Å². The molecule has 0 bridgehead atoms. The van der Waals surface area contributed by atoms with Crippen molar-refractivity contribution in [3.8, 4) is 0 Å². The van der Waals surface area contributed by atoms with Gasteiger partial charge in [0.05, 0.1) is 30.6 Å². The minimum absolute atomic E-state index is 0.246. The maximum atomic E-state index is 5.42. The van der Waals surface area contributed by atoms with E-state index in [0.29, 0.717) is 0 Å². The van der Waals surface area contributed by atoms with Gasteiger partial charge in [0.25, 0.3) is 0 Å². The maximum Gasteiger partial charge on any atom is 0.0768 e. The first-order valence-electron chi connectivity index (χ1n) is 8.45. The number of rotatable bonds is 3. The van der Waals surface area contributed by atoms with Crippen LogP contribution in [0, 0.1) is 0 Å². The van der Waals surface area contributed by atoms with Gasteiger partial charge in [-0.1, -0.05) is 24.3 Å². The van der Waals surface area contributed by atoms with Crippen molar-refractivity contribution in [2.24, 2.45) is 7.05 Å². The van der Waals surface area contributed by atoms with Crippen molar-refractivity contribution in [1.82, 2.24) is 20.0 Å². The molecule has 1 aromatic heterocycles. The number of benzene rings is 1. The molecule has 2 aliphatic rings. The van der Waals surface area contributed by atoms with Crippen LogP contribution in [-0.4, -0.2) is 47.5 Å². The third-order valence-corrected chi connectivity index (χ3v) is 4.86. The highest BCUT2D eigenvalue weighted by molar-refractivity contribution is 5.38. The second kappa shape index (κ2) is 6.43. The van der Waals surface area contributed by atoms with Gasteiger partial charge in [-0.05, 0) is 23.6 Å². The third-order valence-electron chi connectivity index (χ3n) is 4.86. The van der Waals surface area contributed by atoms with Crippen LogP contribution >= 0.6 is 0 Å². The van der Waals surface area contributed by atoms with E-state index < -0.39 is 0 Å². The lowest BCUT2D eigenvalue weighted by Gasteiger charge is -2.27. The number of aryl methyl sites for hydroxylation is 1. The Hall–Kier alpha value is -1.69. The molecule has 0 aliphatic carbocycles. The zero-order valence-corrected chi connectivity index (χ0v) is 13.7. The molecule has 2 aromatic rings. The lowest BCUT2D eigenvalue weighted by molar-refractivity contribution is 0.0336. The summed E-state index contributed by atoms with van der Waals surface area (Å²) in [4.78, 5) is 2.41. The number of aromatic nitrogens is 2. The molecule has 2 aliphatic heterocycles. The van der Waals surface area contributed by atoms with Gasteiger partial charge in [0, 0.05) is 33.2 Å². The van der Waals surface area contributed by atoms with Crippen LogP contribution in [0.2, 0.25) is 0 Å². The SMILES string of the molecule is Cn1nc(CN2CCOCC2)cc1C1NCCc2ccccc21. The minimum Gasteiger partial charge on any atom is -0.379 e. The van der Waals surface area contributed by atoms with E-state index in [1.165, 1.54) is 16.8 Å². The Bertz CT molecular complexity index is 675. The van der Waals surface area contributed by atoms with Crippen LogP contribution in [-0.2, 0) is 24.8 Å². The number of nitrogens with one attached hydrogen (secondary N) is 1. The molecule has 0 saturated carbocycles. The summed E-state index contributed by atoms with van der Waals surface area (Å²) in [7, 11) is 2.05. The average Bonchev–Trinajstić information content (AvgIpc) is 2.95. The van der Waals surface area contributed by atoms with E-state index >= 15 is 0 Å². The largest absolute Gasteiger partial charge is 0.379 e. The van der Waals surface area contributed by atoms with Gasteiger partial charge in [0.2, 0.25) is 0 Å². The second-order valence-corrected chi connectivity index (χ2v) is 6.41. The molecule has 1 aromatic carbocycles. The van der Waals surface area contributed by atoms with Crippen molar-refractivity contribution in [3.63, 3.8) is 0 Å². The first-order valence-corrected chi connectivity index (χ1v) is 8.45. The van der Waals surface area contributed by atoms with Crippen molar-refractivity contribution in [2.75, 3.05) is 32.8 Å². The van der Waals surface area contributed by atoms with Gasteiger partial charge in [-0.3, -0.25) is 9.58 Å². The highest BCUT2D eigenvalue weighted by Crippen LogP contribution is 2.28. The van der Waals surface area contributed by atoms with E-state index in [-0.39, 0.29) is 6.04 Å². The predicted octanol–water partition coefficient (Wildman–Crippen LogP) is 1.49. The van der Waals surface area contributed by atoms with Gasteiger partial charge in [0.15, 0.2) is 0 Å². The van der Waals surface area contributed by atoms with E-state index in [4.69, 9.17) is 9.84 Å². The highest BCUT2D eigenvalue weighted by atomic mass is 16.5. The summed E-state index contributed by atoms with van der Waals surface area (Å²) in [5.41, 5.74) is 5.24. The number of hydrogen-bond donors (Lipinski definition) is 1. The monoisotopic (exact) mass is 312 g/mol. The van der Waals surface area contributed by atoms with Gasteiger partial charge in [-0.25, -0.2) is 0 Å². The van der Waals surface area contributed by atoms with Gasteiger partial charge in [0.1, 0.15) is 0 Å². The van der Waals surface area contributed by atoms with E-state index in [0.717, 1.165) is 51.5 Å². The first-order chi connectivity index (χ1) is 11.3. The molecule has 122 valence electrons. The Balaban J connectivity index is 1.58. The summed E-state index contributed by atoms with van der Waals surface area (Å²) in [6.07, 6.45) is 1.10. The van der Waals surface area contributed by atoms with Gasteiger partial charge < -0.3 is 10.1 Å². The lowest BCUT2D eigenvalue weighted by atomic mass is 9.92. The Kier molecular flexibility index (Phi) is 4.16. The van der Waals surface area contributed by atoms with Crippen molar-refractivity contribution < 1.29 is 4.74 Å². The lowest BCUT2D eigenvalue weighted by Crippen LogP contribution is -2.35. The fourth-order valence-corrected chi connectivity index (χ4v) is 3.65. The number of nitrogens with zero attached hydrogens (tertiary/aromatic N) is 3. The van der Waals surface area contributed by atoms with Crippen molar-refractivity contribution in [3.05, 3.63) is 52.8 Å². The molecular formula is C18H24N4O. The molecule has 0 amide bonds. The van der Waals surface area contributed by atoms with Crippen LogP contribution in [0.25, 0.3) is 0 Å². The van der Waals surface area contributed by atoms with E-state index in [2.05, 4.69) is 47.6 Å². The topological polar surface area (TPSA) is 42.3 Å². The smallest absolute Gasteiger partial charge is 0.0768 e. The molecule has 0 spiro atoms. The van der Waals surface area contributed by atoms with Crippen molar-refractivity contribution in [1.29, 1.82) is 0 Å². The molecule has 1 fully saturated rings. The summed E-state index contributed by atoms with van der Waals surface area (Å²) in [5, 5.41) is 8.40. The number of fused-ring (bicyclic) bond motifs is 1. The zero-order chi connectivity index (χ0) is 15.6. The van der Waals surface area contributed by atoms with Crippen LogP contribution < -0.4 is 5.32 Å². The Morgan fingerprint density at radius 2 is 2.09 bits per heavy atom. The minimum atomic E-state index is 0.246. The fourth-order valence-electron chi connectivity index (χ4n) is 3.65. The summed E-state index contributed by atoms with van der Waals surface area (Å²) >= 11 is 0. The number of ether oxygens (including phenoxy) is 1. The van der Waals surface area contributed by atoms with Crippen LogP contribution in [0.3, 0.4) is 0 Å². The number of hydrogen-bond acceptors (Lipinski definition) is 4. The standard InChI is InChI=1S/C18H24N4O/c1-21-17(12-15(20-21)13-22-8-10-23-11-9-22)18-16-5-3-2-4-14(16)6-7-19-18/h2-5,12,18-19H,6-11,13H2,1H3. The van der Waals surface area contributed by atoms with E-state index in [1.807, 2.05) is 4.68 Å².